The number of benzene rings is 1. The number of aliphatic carboxylic acids is 1. The second-order valence-electron chi connectivity index (χ2n) is 3.97. The summed E-state index contributed by atoms with van der Waals surface area (Å²) in [4.78, 5) is 22.1. The van der Waals surface area contributed by atoms with Crippen LogP contribution in [0.1, 0.15) is 0 Å². The lowest BCUT2D eigenvalue weighted by molar-refractivity contribution is -0.147. The van der Waals surface area contributed by atoms with Gasteiger partial charge in [-0.15, -0.1) is 0 Å². The van der Waals surface area contributed by atoms with Crippen molar-refractivity contribution in [2.75, 3.05) is 19.0 Å². The molecular weight excluding hydrogens is 302 g/mol. The number of carboxylic acids is 1. The van der Waals surface area contributed by atoms with Crippen LogP contribution in [0.2, 0.25) is 0 Å². The lowest BCUT2D eigenvalue weighted by Gasteiger charge is -2.12. The minimum Gasteiger partial charge on any atom is -0.479 e. The zero-order chi connectivity index (χ0) is 16.0. The summed E-state index contributed by atoms with van der Waals surface area (Å²) < 4.78 is 26.7. The number of amides is 2. The van der Waals surface area contributed by atoms with Gasteiger partial charge in [0.2, 0.25) is 10.0 Å². The third kappa shape index (κ3) is 5.38. The molecule has 1 atom stereocenters. The highest BCUT2D eigenvalue weighted by molar-refractivity contribution is 7.89. The molecule has 1 aromatic rings. The molecule has 116 valence electrons. The molecule has 0 aliphatic heterocycles. The number of carbonyl (C=O) groups is 2. The Morgan fingerprint density at radius 2 is 1.90 bits per heavy atom. The Hall–Kier alpha value is -2.17. The van der Waals surface area contributed by atoms with Crippen molar-refractivity contribution < 1.29 is 27.9 Å². The highest BCUT2D eigenvalue weighted by Gasteiger charge is 2.17. The highest BCUT2D eigenvalue weighted by atomic mass is 32.2. The summed E-state index contributed by atoms with van der Waals surface area (Å²) >= 11 is 0. The van der Waals surface area contributed by atoms with Crippen LogP contribution < -0.4 is 15.8 Å². The molecule has 0 saturated carbocycles. The quantitative estimate of drug-likeness (QED) is 0.559. The van der Waals surface area contributed by atoms with Gasteiger partial charge in [-0.1, -0.05) is 0 Å². The highest BCUT2D eigenvalue weighted by Crippen LogP contribution is 2.12. The lowest BCUT2D eigenvalue weighted by atomic mass is 10.3. The van der Waals surface area contributed by atoms with Crippen molar-refractivity contribution in [2.24, 2.45) is 5.14 Å². The van der Waals surface area contributed by atoms with E-state index in [1.807, 2.05) is 0 Å². The second kappa shape index (κ2) is 7.02. The molecule has 5 N–H and O–H groups in total. The fourth-order valence-corrected chi connectivity index (χ4v) is 1.88. The van der Waals surface area contributed by atoms with Crippen LogP contribution in [-0.4, -0.2) is 45.3 Å². The summed E-state index contributed by atoms with van der Waals surface area (Å²) in [6.07, 6.45) is -1.15. The van der Waals surface area contributed by atoms with Crippen molar-refractivity contribution >= 4 is 27.7 Å². The molecule has 0 fully saturated rings. The first-order valence-corrected chi connectivity index (χ1v) is 7.22. The van der Waals surface area contributed by atoms with Gasteiger partial charge < -0.3 is 20.5 Å². The number of urea groups is 1. The zero-order valence-corrected chi connectivity index (χ0v) is 11.9. The van der Waals surface area contributed by atoms with Crippen molar-refractivity contribution in [1.29, 1.82) is 0 Å². The van der Waals surface area contributed by atoms with Crippen LogP contribution in [0.4, 0.5) is 10.5 Å². The number of hydrogen-bond donors (Lipinski definition) is 4. The van der Waals surface area contributed by atoms with Gasteiger partial charge in [-0.3, -0.25) is 0 Å². The van der Waals surface area contributed by atoms with Gasteiger partial charge in [-0.25, -0.2) is 23.1 Å². The molecule has 0 spiro atoms. The minimum atomic E-state index is -3.79. The van der Waals surface area contributed by atoms with Crippen LogP contribution in [0.3, 0.4) is 0 Å². The number of sulfonamides is 1. The number of hydrogen-bond acceptors (Lipinski definition) is 5. The SMILES string of the molecule is COC(CNC(=O)Nc1ccc(S(N)(=O)=O)cc1)C(=O)O. The molecule has 9 nitrogen and oxygen atoms in total. The molecule has 2 amide bonds. The first-order valence-electron chi connectivity index (χ1n) is 5.67. The van der Waals surface area contributed by atoms with Crippen LogP contribution in [0.25, 0.3) is 0 Å². The van der Waals surface area contributed by atoms with Gasteiger partial charge in [0.1, 0.15) is 0 Å². The molecule has 0 aliphatic rings. The van der Waals surface area contributed by atoms with Gasteiger partial charge in [-0.2, -0.15) is 0 Å². The van der Waals surface area contributed by atoms with E-state index in [9.17, 15) is 18.0 Å². The first kappa shape index (κ1) is 16.9. The monoisotopic (exact) mass is 317 g/mol. The van der Waals surface area contributed by atoms with Crippen LogP contribution >= 0.6 is 0 Å². The van der Waals surface area contributed by atoms with E-state index in [0.717, 1.165) is 0 Å². The second-order valence-corrected chi connectivity index (χ2v) is 5.53. The van der Waals surface area contributed by atoms with Crippen LogP contribution in [0.15, 0.2) is 29.2 Å². The molecule has 0 bridgehead atoms. The fraction of sp³-hybridized carbons (Fsp3) is 0.273. The van der Waals surface area contributed by atoms with Gasteiger partial charge in [0, 0.05) is 12.8 Å². The third-order valence-corrected chi connectivity index (χ3v) is 3.38. The van der Waals surface area contributed by atoms with E-state index in [4.69, 9.17) is 10.2 Å². The predicted octanol–water partition coefficient (Wildman–Crippen LogP) is -0.445. The Bertz CT molecular complexity index is 613. The molecule has 0 radical (unpaired) electrons. The van der Waals surface area contributed by atoms with E-state index < -0.39 is 28.1 Å². The summed E-state index contributed by atoms with van der Waals surface area (Å²) in [6.45, 7) is -0.215. The standard InChI is InChI=1S/C11H15N3O6S/c1-20-9(10(15)16)6-13-11(17)14-7-2-4-8(5-3-7)21(12,18)19/h2-5,9H,6H2,1H3,(H,15,16)(H2,12,18,19)(H2,13,14,17). The molecule has 0 heterocycles. The number of nitrogens with two attached hydrogens (primary N) is 1. The summed E-state index contributed by atoms with van der Waals surface area (Å²) in [5.74, 6) is -1.20. The van der Waals surface area contributed by atoms with E-state index in [2.05, 4.69) is 15.4 Å². The summed E-state index contributed by atoms with van der Waals surface area (Å²) in [6, 6.07) is 4.52. The Morgan fingerprint density at radius 1 is 1.33 bits per heavy atom. The van der Waals surface area contributed by atoms with Gasteiger partial charge in [0.05, 0.1) is 11.4 Å². The zero-order valence-electron chi connectivity index (χ0n) is 11.1. The maximum absolute atomic E-state index is 11.5. The van der Waals surface area contributed by atoms with E-state index in [1.165, 1.54) is 31.4 Å². The third-order valence-electron chi connectivity index (χ3n) is 2.45. The number of primary sulfonamides is 1. The number of nitrogens with one attached hydrogen (secondary N) is 2. The number of ether oxygens (including phenoxy) is 1. The molecule has 0 aliphatic carbocycles. The Balaban J connectivity index is 2.57. The molecule has 0 aromatic heterocycles. The van der Waals surface area contributed by atoms with E-state index in [0.29, 0.717) is 5.69 Å². The molecule has 21 heavy (non-hydrogen) atoms. The first-order chi connectivity index (χ1) is 9.74. The Labute approximate surface area is 121 Å². The molecule has 1 aromatic carbocycles. The number of methoxy groups -OCH3 is 1. The molecule has 1 unspecified atom stereocenters. The van der Waals surface area contributed by atoms with Crippen LogP contribution in [0, 0.1) is 0 Å². The predicted molar refractivity (Wildman–Crippen MR) is 73.3 cm³/mol. The van der Waals surface area contributed by atoms with E-state index in [-0.39, 0.29) is 11.4 Å². The van der Waals surface area contributed by atoms with Crippen molar-refractivity contribution in [3.8, 4) is 0 Å². The molecular formula is C11H15N3O6S. The summed E-state index contributed by atoms with van der Waals surface area (Å²) in [5, 5.41) is 18.4. The van der Waals surface area contributed by atoms with E-state index in [1.54, 1.807) is 0 Å². The average molecular weight is 317 g/mol. The molecule has 0 saturated heterocycles. The maximum Gasteiger partial charge on any atom is 0.334 e. The summed E-state index contributed by atoms with van der Waals surface area (Å²) in [7, 11) is -2.58. The topological polar surface area (TPSA) is 148 Å². The van der Waals surface area contributed by atoms with Gasteiger partial charge in [-0.05, 0) is 24.3 Å². The maximum atomic E-state index is 11.5. The van der Waals surface area contributed by atoms with Crippen molar-refractivity contribution in [2.45, 2.75) is 11.0 Å². The average Bonchev–Trinajstić information content (AvgIpc) is 2.38. The Morgan fingerprint density at radius 3 is 2.33 bits per heavy atom. The minimum absolute atomic E-state index is 0.0845. The number of carboxylic acid groups (broad SMARTS) is 1. The van der Waals surface area contributed by atoms with Crippen molar-refractivity contribution in [1.82, 2.24) is 5.32 Å². The normalized spacial score (nSPS) is 12.5. The van der Waals surface area contributed by atoms with Gasteiger partial charge >= 0.3 is 12.0 Å². The van der Waals surface area contributed by atoms with Gasteiger partial charge in [0.15, 0.2) is 6.10 Å². The molecule has 1 rings (SSSR count). The van der Waals surface area contributed by atoms with Crippen LogP contribution in [0.5, 0.6) is 0 Å². The van der Waals surface area contributed by atoms with Crippen LogP contribution in [-0.2, 0) is 19.6 Å². The lowest BCUT2D eigenvalue weighted by Crippen LogP contribution is -2.39. The number of carbonyl (C=O) groups excluding carboxylic acids is 1. The van der Waals surface area contributed by atoms with Crippen molar-refractivity contribution in [3.05, 3.63) is 24.3 Å². The van der Waals surface area contributed by atoms with Crippen molar-refractivity contribution in [3.63, 3.8) is 0 Å². The number of rotatable bonds is 6. The smallest absolute Gasteiger partial charge is 0.334 e. The largest absolute Gasteiger partial charge is 0.479 e. The van der Waals surface area contributed by atoms with Gasteiger partial charge in [0.25, 0.3) is 0 Å². The summed E-state index contributed by atoms with van der Waals surface area (Å²) in [5.41, 5.74) is 0.323. The fourth-order valence-electron chi connectivity index (χ4n) is 1.36. The van der Waals surface area contributed by atoms with E-state index >= 15 is 0 Å². The number of anilines is 1. The Kier molecular flexibility index (Phi) is 5.64. The molecule has 10 heteroatoms.